The number of benzene rings is 1. The van der Waals surface area contributed by atoms with E-state index in [9.17, 15) is 23.9 Å². The molecule has 3 rings (SSSR count). The number of unbranched alkanes of at least 4 members (excludes halogenated alkanes) is 1. The van der Waals surface area contributed by atoms with Gasteiger partial charge in [-0.25, -0.2) is 9.18 Å². The topological polar surface area (TPSA) is 139 Å². The van der Waals surface area contributed by atoms with Crippen molar-refractivity contribution in [2.45, 2.75) is 72.0 Å². The summed E-state index contributed by atoms with van der Waals surface area (Å²) < 4.78 is 19.1. The van der Waals surface area contributed by atoms with Gasteiger partial charge in [0.2, 0.25) is 17.6 Å². The fourth-order valence-corrected chi connectivity index (χ4v) is 4.23. The van der Waals surface area contributed by atoms with E-state index >= 15 is 0 Å². The maximum Gasteiger partial charge on any atom is 0.408 e. The molecule has 2 N–H and O–H groups in total. The molecule has 0 radical (unpaired) electrons. The second kappa shape index (κ2) is 13.1. The standard InChI is InChI=1S/C28H34FN5O5/c1-5-6-9-21(24(35)25(36)31-17-18-8-7-14-30-16-18)34(27(37)38)22(28(2,3)4)15-23-32-33-26(39-23)19-10-12-20(29)13-11-19/h7-8,10-14,16,21-22H,5-6,9,15,17H2,1-4H3,(H,31,36)(H,37,38)/t21-,22?/m0/s1. The summed E-state index contributed by atoms with van der Waals surface area (Å²) in [5.41, 5.74) is 0.554. The quantitative estimate of drug-likeness (QED) is 0.317. The lowest BCUT2D eigenvalue weighted by Crippen LogP contribution is -2.57. The molecule has 2 heterocycles. The van der Waals surface area contributed by atoms with E-state index in [1.54, 1.807) is 24.5 Å². The normalized spacial score (nSPS) is 12.9. The van der Waals surface area contributed by atoms with Gasteiger partial charge in [-0.2, -0.15) is 0 Å². The van der Waals surface area contributed by atoms with Gasteiger partial charge in [0.1, 0.15) is 11.9 Å². The van der Waals surface area contributed by atoms with Crippen molar-refractivity contribution < 1.29 is 28.3 Å². The number of halogens is 1. The van der Waals surface area contributed by atoms with Gasteiger partial charge >= 0.3 is 6.09 Å². The molecule has 11 heteroatoms. The fraction of sp³-hybridized carbons (Fsp3) is 0.429. The minimum absolute atomic E-state index is 0.0111. The van der Waals surface area contributed by atoms with Crippen LogP contribution >= 0.6 is 0 Å². The predicted octanol–water partition coefficient (Wildman–Crippen LogP) is 4.65. The zero-order valence-electron chi connectivity index (χ0n) is 22.6. The molecule has 10 nitrogen and oxygen atoms in total. The molecule has 208 valence electrons. The summed E-state index contributed by atoms with van der Waals surface area (Å²) >= 11 is 0. The first-order valence-corrected chi connectivity index (χ1v) is 12.8. The Morgan fingerprint density at radius 1 is 1.13 bits per heavy atom. The Hall–Kier alpha value is -4.15. The summed E-state index contributed by atoms with van der Waals surface area (Å²) in [6, 6.07) is 7.03. The molecule has 0 saturated heterocycles. The lowest BCUT2D eigenvalue weighted by molar-refractivity contribution is -0.141. The van der Waals surface area contributed by atoms with E-state index in [-0.39, 0.29) is 31.2 Å². The van der Waals surface area contributed by atoms with E-state index < -0.39 is 41.1 Å². The van der Waals surface area contributed by atoms with Gasteiger partial charge in [0.15, 0.2) is 0 Å². The molecule has 0 spiro atoms. The summed E-state index contributed by atoms with van der Waals surface area (Å²) in [6.07, 6.45) is 3.28. The molecule has 1 aromatic carbocycles. The maximum absolute atomic E-state index is 13.4. The SMILES string of the molecule is CCCC[C@@H](C(=O)C(=O)NCc1cccnc1)N(C(=O)O)C(Cc1nnc(-c2ccc(F)cc2)o1)C(C)(C)C. The zero-order valence-corrected chi connectivity index (χ0v) is 22.6. The van der Waals surface area contributed by atoms with Crippen molar-refractivity contribution in [2.75, 3.05) is 0 Å². The average Bonchev–Trinajstić information content (AvgIpc) is 3.37. The van der Waals surface area contributed by atoms with Crippen LogP contribution in [0.3, 0.4) is 0 Å². The number of carbonyl (C=O) groups excluding carboxylic acids is 2. The Labute approximate surface area is 226 Å². The van der Waals surface area contributed by atoms with Gasteiger partial charge in [-0.1, -0.05) is 46.6 Å². The van der Waals surface area contributed by atoms with Crippen molar-refractivity contribution in [3.05, 3.63) is 66.1 Å². The van der Waals surface area contributed by atoms with Crippen LogP contribution < -0.4 is 5.32 Å². The van der Waals surface area contributed by atoms with E-state index in [4.69, 9.17) is 4.42 Å². The van der Waals surface area contributed by atoms with Crippen molar-refractivity contribution >= 4 is 17.8 Å². The van der Waals surface area contributed by atoms with Gasteiger partial charge in [0, 0.05) is 37.0 Å². The fourth-order valence-electron chi connectivity index (χ4n) is 4.23. The molecular weight excluding hydrogens is 505 g/mol. The van der Waals surface area contributed by atoms with Crippen LogP contribution in [0, 0.1) is 11.2 Å². The summed E-state index contributed by atoms with van der Waals surface area (Å²) in [6.45, 7) is 7.53. The number of carbonyl (C=O) groups is 3. The molecule has 2 amide bonds. The van der Waals surface area contributed by atoms with Crippen LogP contribution in [0.15, 0.2) is 53.2 Å². The Morgan fingerprint density at radius 3 is 2.44 bits per heavy atom. The van der Waals surface area contributed by atoms with Crippen LogP contribution in [0.2, 0.25) is 0 Å². The molecule has 0 aliphatic rings. The van der Waals surface area contributed by atoms with Crippen molar-refractivity contribution in [1.29, 1.82) is 0 Å². The number of ketones is 1. The monoisotopic (exact) mass is 539 g/mol. The second-order valence-corrected chi connectivity index (χ2v) is 10.3. The van der Waals surface area contributed by atoms with Crippen molar-refractivity contribution in [3.63, 3.8) is 0 Å². The highest BCUT2D eigenvalue weighted by Crippen LogP contribution is 2.31. The third-order valence-corrected chi connectivity index (χ3v) is 6.35. The highest BCUT2D eigenvalue weighted by molar-refractivity contribution is 6.38. The van der Waals surface area contributed by atoms with Crippen LogP contribution in [0.4, 0.5) is 9.18 Å². The first-order chi connectivity index (χ1) is 18.5. The Bertz CT molecular complexity index is 1260. The summed E-state index contributed by atoms with van der Waals surface area (Å²) in [4.78, 5) is 44.0. The molecule has 2 aromatic heterocycles. The number of nitrogens with zero attached hydrogens (tertiary/aromatic N) is 4. The molecule has 1 unspecified atom stereocenters. The Morgan fingerprint density at radius 2 is 1.85 bits per heavy atom. The zero-order chi connectivity index (χ0) is 28.6. The largest absolute Gasteiger partial charge is 0.465 e. The summed E-state index contributed by atoms with van der Waals surface area (Å²) in [5, 5.41) is 21.0. The van der Waals surface area contributed by atoms with Gasteiger partial charge in [0.25, 0.3) is 5.91 Å². The number of carboxylic acid groups (broad SMARTS) is 1. The second-order valence-electron chi connectivity index (χ2n) is 10.3. The molecule has 0 bridgehead atoms. The maximum atomic E-state index is 13.4. The van der Waals surface area contributed by atoms with Gasteiger partial charge in [-0.3, -0.25) is 19.5 Å². The van der Waals surface area contributed by atoms with Gasteiger partial charge in [0.05, 0.1) is 0 Å². The first-order valence-electron chi connectivity index (χ1n) is 12.8. The van der Waals surface area contributed by atoms with Gasteiger partial charge in [-0.05, 0) is 47.7 Å². The molecule has 0 aliphatic heterocycles. The summed E-state index contributed by atoms with van der Waals surface area (Å²) in [7, 11) is 0. The number of hydrogen-bond acceptors (Lipinski definition) is 7. The molecule has 0 aliphatic carbocycles. The van der Waals surface area contributed by atoms with Crippen LogP contribution in [0.5, 0.6) is 0 Å². The van der Waals surface area contributed by atoms with E-state index in [1.165, 1.54) is 24.3 Å². The van der Waals surface area contributed by atoms with Gasteiger partial charge < -0.3 is 14.8 Å². The molecule has 0 saturated carbocycles. The van der Waals surface area contributed by atoms with E-state index in [2.05, 4.69) is 20.5 Å². The van der Waals surface area contributed by atoms with Gasteiger partial charge in [-0.15, -0.1) is 10.2 Å². The average molecular weight is 540 g/mol. The number of nitrogens with one attached hydrogen (secondary N) is 1. The summed E-state index contributed by atoms with van der Waals surface area (Å²) in [5.74, 6) is -1.79. The number of amides is 2. The van der Waals surface area contributed by atoms with E-state index in [1.807, 2.05) is 27.7 Å². The number of pyridine rings is 1. The number of hydrogen-bond donors (Lipinski definition) is 2. The minimum atomic E-state index is -1.33. The molecule has 2 atom stereocenters. The lowest BCUT2D eigenvalue weighted by Gasteiger charge is -2.41. The third-order valence-electron chi connectivity index (χ3n) is 6.35. The highest BCUT2D eigenvalue weighted by Gasteiger charge is 2.43. The van der Waals surface area contributed by atoms with Crippen molar-refractivity contribution in [1.82, 2.24) is 25.4 Å². The predicted molar refractivity (Wildman–Crippen MR) is 141 cm³/mol. The smallest absolute Gasteiger partial charge is 0.408 e. The third kappa shape index (κ3) is 7.92. The number of Topliss-reactive ketones (excluding diaryl/α,β-unsaturated/α-hetero) is 1. The lowest BCUT2D eigenvalue weighted by atomic mass is 9.82. The minimum Gasteiger partial charge on any atom is -0.465 e. The highest BCUT2D eigenvalue weighted by atomic mass is 19.1. The molecule has 3 aromatic rings. The molecule has 0 fully saturated rings. The molecule has 39 heavy (non-hydrogen) atoms. The van der Waals surface area contributed by atoms with E-state index in [0.717, 1.165) is 4.90 Å². The Kier molecular flexibility index (Phi) is 9.86. The van der Waals surface area contributed by atoms with Crippen molar-refractivity contribution in [2.24, 2.45) is 5.41 Å². The number of aromatic nitrogens is 3. The van der Waals surface area contributed by atoms with Crippen LogP contribution in [-0.2, 0) is 22.6 Å². The first kappa shape index (κ1) is 29.4. The van der Waals surface area contributed by atoms with E-state index in [0.29, 0.717) is 24.0 Å². The Balaban J connectivity index is 1.88. The van der Waals surface area contributed by atoms with Crippen LogP contribution in [0.1, 0.15) is 58.4 Å². The molecular formula is C28H34FN5O5. The van der Waals surface area contributed by atoms with Crippen LogP contribution in [-0.4, -0.2) is 55.1 Å². The number of rotatable bonds is 12. The van der Waals surface area contributed by atoms with Crippen molar-refractivity contribution in [3.8, 4) is 11.5 Å². The van der Waals surface area contributed by atoms with Crippen LogP contribution in [0.25, 0.3) is 11.5 Å².